The van der Waals surface area contributed by atoms with Gasteiger partial charge in [0.05, 0.1) is 12.7 Å². The first-order valence-corrected chi connectivity index (χ1v) is 3.84. The van der Waals surface area contributed by atoms with E-state index in [1.54, 1.807) is 0 Å². The topological polar surface area (TPSA) is 79.2 Å². The summed E-state index contributed by atoms with van der Waals surface area (Å²) in [6.45, 7) is -0.321. The van der Waals surface area contributed by atoms with E-state index in [1.807, 2.05) is 0 Å². The van der Waals surface area contributed by atoms with Gasteiger partial charge in [-0.2, -0.15) is 0 Å². The molecule has 0 bridgehead atoms. The molecule has 0 amide bonds. The van der Waals surface area contributed by atoms with Gasteiger partial charge in [-0.1, -0.05) is 0 Å². The normalized spacial score (nSPS) is 43.0. The summed E-state index contributed by atoms with van der Waals surface area (Å²) in [6.07, 6.45) is -2.98. The van der Waals surface area contributed by atoms with Gasteiger partial charge in [0.25, 0.3) is 0 Å². The molecule has 1 heterocycles. The molecule has 5 nitrogen and oxygen atoms in total. The van der Waals surface area contributed by atoms with E-state index < -0.39 is 24.6 Å². The van der Waals surface area contributed by atoms with E-state index in [0.29, 0.717) is 0 Å². The zero-order valence-corrected chi connectivity index (χ0v) is 6.88. The van der Waals surface area contributed by atoms with Gasteiger partial charge in [0.1, 0.15) is 12.2 Å². The maximum atomic E-state index is 9.26. The second kappa shape index (κ2) is 4.15. The van der Waals surface area contributed by atoms with Crippen LogP contribution >= 0.6 is 0 Å². The molecule has 1 unspecified atom stereocenters. The molecule has 1 saturated heterocycles. The largest absolute Gasteiger partial charge is 0.394 e. The summed E-state index contributed by atoms with van der Waals surface area (Å²) in [5.41, 5.74) is 0. The van der Waals surface area contributed by atoms with Crippen molar-refractivity contribution in [2.45, 2.75) is 31.0 Å². The van der Waals surface area contributed by atoms with Crippen LogP contribution in [-0.4, -0.2) is 53.6 Å². The second-order valence-corrected chi connectivity index (χ2v) is 2.82. The SMILES string of the molecule is CO[C@@H]1C[C@@H](O)[C@@H](O)C(CO)O1. The van der Waals surface area contributed by atoms with Crippen molar-refractivity contribution in [3.05, 3.63) is 0 Å². The third kappa shape index (κ3) is 1.94. The average Bonchev–Trinajstić information content (AvgIpc) is 2.09. The van der Waals surface area contributed by atoms with Crippen LogP contribution in [0.5, 0.6) is 0 Å². The van der Waals surface area contributed by atoms with Crippen LogP contribution in [-0.2, 0) is 9.47 Å². The van der Waals surface area contributed by atoms with Gasteiger partial charge < -0.3 is 24.8 Å². The molecule has 4 atom stereocenters. The lowest BCUT2D eigenvalue weighted by atomic mass is 10.0. The van der Waals surface area contributed by atoms with Crippen molar-refractivity contribution >= 4 is 0 Å². The lowest BCUT2D eigenvalue weighted by molar-refractivity contribution is -0.248. The van der Waals surface area contributed by atoms with Crippen molar-refractivity contribution in [1.29, 1.82) is 0 Å². The molecule has 1 rings (SSSR count). The van der Waals surface area contributed by atoms with Crippen molar-refractivity contribution in [3.63, 3.8) is 0 Å². The van der Waals surface area contributed by atoms with Crippen molar-refractivity contribution in [2.75, 3.05) is 13.7 Å². The van der Waals surface area contributed by atoms with Gasteiger partial charge in [-0.15, -0.1) is 0 Å². The molecule has 1 aliphatic rings. The van der Waals surface area contributed by atoms with Crippen molar-refractivity contribution in [1.82, 2.24) is 0 Å². The maximum absolute atomic E-state index is 9.26. The summed E-state index contributed by atoms with van der Waals surface area (Å²) < 4.78 is 9.92. The Morgan fingerprint density at radius 3 is 2.67 bits per heavy atom. The molecule has 0 aromatic carbocycles. The number of hydrogen-bond donors (Lipinski definition) is 3. The lowest BCUT2D eigenvalue weighted by Crippen LogP contribution is -2.50. The fraction of sp³-hybridized carbons (Fsp3) is 1.00. The number of methoxy groups -OCH3 is 1. The number of aliphatic hydroxyl groups excluding tert-OH is 3. The molecule has 0 aromatic rings. The molecule has 5 heteroatoms. The molecule has 0 aliphatic carbocycles. The Morgan fingerprint density at radius 2 is 2.17 bits per heavy atom. The monoisotopic (exact) mass is 178 g/mol. The maximum Gasteiger partial charge on any atom is 0.160 e. The van der Waals surface area contributed by atoms with Crippen LogP contribution in [0.2, 0.25) is 0 Å². The van der Waals surface area contributed by atoms with Crippen LogP contribution in [0, 0.1) is 0 Å². The van der Waals surface area contributed by atoms with E-state index in [9.17, 15) is 10.2 Å². The summed E-state index contributed by atoms with van der Waals surface area (Å²) in [5.74, 6) is 0. The standard InChI is InChI=1S/C7H14O5/c1-11-6-2-4(9)7(10)5(3-8)12-6/h4-10H,2-3H2,1H3/t4-,5?,6+,7-/m1/s1. The molecule has 0 aromatic heterocycles. The fourth-order valence-corrected chi connectivity index (χ4v) is 1.22. The predicted octanol–water partition coefficient (Wildman–Crippen LogP) is -1.54. The number of rotatable bonds is 2. The Balaban J connectivity index is 2.52. The minimum atomic E-state index is -1.03. The molecule has 0 radical (unpaired) electrons. The molecule has 0 spiro atoms. The molecular formula is C7H14O5. The quantitative estimate of drug-likeness (QED) is 0.477. The lowest BCUT2D eigenvalue weighted by Gasteiger charge is -2.35. The smallest absolute Gasteiger partial charge is 0.160 e. The van der Waals surface area contributed by atoms with E-state index >= 15 is 0 Å². The Bertz CT molecular complexity index is 140. The van der Waals surface area contributed by atoms with Crippen molar-refractivity contribution < 1.29 is 24.8 Å². The Morgan fingerprint density at radius 1 is 1.50 bits per heavy atom. The van der Waals surface area contributed by atoms with Gasteiger partial charge in [0, 0.05) is 13.5 Å². The Kier molecular flexibility index (Phi) is 3.42. The van der Waals surface area contributed by atoms with Gasteiger partial charge in [0.15, 0.2) is 6.29 Å². The molecule has 3 N–H and O–H groups in total. The van der Waals surface area contributed by atoms with Crippen LogP contribution in [0.4, 0.5) is 0 Å². The minimum Gasteiger partial charge on any atom is -0.394 e. The first kappa shape index (κ1) is 9.88. The van der Waals surface area contributed by atoms with Crippen LogP contribution in [0.3, 0.4) is 0 Å². The highest BCUT2D eigenvalue weighted by Gasteiger charge is 2.36. The molecular weight excluding hydrogens is 164 g/mol. The zero-order chi connectivity index (χ0) is 9.14. The summed E-state index contributed by atoms with van der Waals surface area (Å²) in [4.78, 5) is 0. The van der Waals surface area contributed by atoms with Gasteiger partial charge in [-0.05, 0) is 0 Å². The summed E-state index contributed by atoms with van der Waals surface area (Å²) in [6, 6.07) is 0. The number of hydrogen-bond acceptors (Lipinski definition) is 5. The average molecular weight is 178 g/mol. The third-order valence-electron chi connectivity index (χ3n) is 1.98. The highest BCUT2D eigenvalue weighted by molar-refractivity contribution is 4.81. The van der Waals surface area contributed by atoms with E-state index in [0.717, 1.165) is 0 Å². The molecule has 1 fully saturated rings. The van der Waals surface area contributed by atoms with Crippen molar-refractivity contribution in [2.24, 2.45) is 0 Å². The van der Waals surface area contributed by atoms with Crippen LogP contribution < -0.4 is 0 Å². The van der Waals surface area contributed by atoms with Crippen LogP contribution in [0.25, 0.3) is 0 Å². The third-order valence-corrected chi connectivity index (χ3v) is 1.98. The van der Waals surface area contributed by atoms with Crippen molar-refractivity contribution in [3.8, 4) is 0 Å². The van der Waals surface area contributed by atoms with E-state index in [4.69, 9.17) is 14.6 Å². The number of ether oxygens (including phenoxy) is 2. The number of aliphatic hydroxyl groups is 3. The van der Waals surface area contributed by atoms with Gasteiger partial charge >= 0.3 is 0 Å². The first-order chi connectivity index (χ1) is 5.69. The highest BCUT2D eigenvalue weighted by Crippen LogP contribution is 2.20. The summed E-state index contributed by atoms with van der Waals surface area (Å²) in [5, 5.41) is 27.3. The Labute approximate surface area is 70.5 Å². The van der Waals surface area contributed by atoms with E-state index in [-0.39, 0.29) is 13.0 Å². The van der Waals surface area contributed by atoms with Gasteiger partial charge in [0.2, 0.25) is 0 Å². The first-order valence-electron chi connectivity index (χ1n) is 3.84. The molecule has 12 heavy (non-hydrogen) atoms. The fourth-order valence-electron chi connectivity index (χ4n) is 1.22. The summed E-state index contributed by atoms with van der Waals surface area (Å²) in [7, 11) is 1.45. The Hall–Kier alpha value is -0.200. The minimum absolute atomic E-state index is 0.230. The molecule has 1 aliphatic heterocycles. The highest BCUT2D eigenvalue weighted by atomic mass is 16.7. The second-order valence-electron chi connectivity index (χ2n) is 2.82. The van der Waals surface area contributed by atoms with Gasteiger partial charge in [-0.3, -0.25) is 0 Å². The molecule has 0 saturated carbocycles. The predicted molar refractivity (Wildman–Crippen MR) is 39.4 cm³/mol. The molecule has 72 valence electrons. The van der Waals surface area contributed by atoms with Crippen LogP contribution in [0.15, 0.2) is 0 Å². The van der Waals surface area contributed by atoms with Gasteiger partial charge in [-0.25, -0.2) is 0 Å². The zero-order valence-electron chi connectivity index (χ0n) is 6.88. The van der Waals surface area contributed by atoms with Crippen LogP contribution in [0.1, 0.15) is 6.42 Å². The van der Waals surface area contributed by atoms with E-state index in [2.05, 4.69) is 0 Å². The summed E-state index contributed by atoms with van der Waals surface area (Å²) >= 11 is 0. The van der Waals surface area contributed by atoms with E-state index in [1.165, 1.54) is 7.11 Å².